The molecule has 0 fully saturated rings. The fourth-order valence-corrected chi connectivity index (χ4v) is 6.86. The summed E-state index contributed by atoms with van der Waals surface area (Å²) in [6, 6.07) is 45.6. The smallest absolute Gasteiger partial charge is 0.104 e. The lowest BCUT2D eigenvalue weighted by Crippen LogP contribution is -2.05. The molecule has 0 bridgehead atoms. The van der Waals surface area contributed by atoms with Gasteiger partial charge in [0, 0.05) is 21.5 Å². The fraction of sp³-hybridized carbons (Fsp3) is 0.0488. The Bertz CT molecular complexity index is 2530. The molecule has 6 aromatic carbocycles. The standard InChI is InChI=1S/C41H25N5/c1-25-11-13-38-33(15-25)31-7-3-5-9-36(31)45(38)40-20-30(29-18-27(22-42)17-28(19-29)23-43)21-41(35(40)24-44)46-37-10-6-4-8-32(37)34-16-26(2)12-14-39(34)46/h3-21H,1-2H3. The maximum atomic E-state index is 11.0. The van der Waals surface area contributed by atoms with Crippen LogP contribution in [0.25, 0.3) is 66.1 Å². The zero-order valence-electron chi connectivity index (χ0n) is 25.2. The molecule has 8 aromatic rings. The molecule has 5 nitrogen and oxygen atoms in total. The van der Waals surface area contributed by atoms with Gasteiger partial charge in [-0.05, 0) is 91.7 Å². The molecule has 2 heterocycles. The molecule has 2 aromatic heterocycles. The van der Waals surface area contributed by atoms with E-state index in [4.69, 9.17) is 0 Å². The van der Waals surface area contributed by atoms with Gasteiger partial charge in [0.2, 0.25) is 0 Å². The summed E-state index contributed by atoms with van der Waals surface area (Å²) >= 11 is 0. The second kappa shape index (κ2) is 10.2. The van der Waals surface area contributed by atoms with Gasteiger partial charge < -0.3 is 9.13 Å². The highest BCUT2D eigenvalue weighted by atomic mass is 15.0. The number of hydrogen-bond donors (Lipinski definition) is 0. The Kier molecular flexibility index (Phi) is 6.01. The Morgan fingerprint density at radius 3 is 1.33 bits per heavy atom. The summed E-state index contributed by atoms with van der Waals surface area (Å²) in [5, 5.41) is 35.1. The van der Waals surface area contributed by atoms with Gasteiger partial charge in [-0.1, -0.05) is 59.7 Å². The van der Waals surface area contributed by atoms with Gasteiger partial charge in [-0.25, -0.2) is 0 Å². The van der Waals surface area contributed by atoms with Crippen LogP contribution in [0.5, 0.6) is 0 Å². The molecule has 0 amide bonds. The number of nitrogens with zero attached hydrogens (tertiary/aromatic N) is 5. The minimum atomic E-state index is 0.404. The van der Waals surface area contributed by atoms with Crippen molar-refractivity contribution < 1.29 is 0 Å². The third-order valence-corrected chi connectivity index (χ3v) is 8.87. The second-order valence-corrected chi connectivity index (χ2v) is 11.8. The van der Waals surface area contributed by atoms with E-state index in [9.17, 15) is 15.8 Å². The molecular formula is C41H25N5. The second-order valence-electron chi connectivity index (χ2n) is 11.8. The molecule has 0 saturated heterocycles. The van der Waals surface area contributed by atoms with Crippen LogP contribution in [0.15, 0.2) is 115 Å². The first-order valence-electron chi connectivity index (χ1n) is 15.0. The number of benzene rings is 6. The predicted octanol–water partition coefficient (Wildman–Crippen LogP) is 9.78. The molecule has 0 atom stereocenters. The molecule has 0 N–H and O–H groups in total. The third-order valence-electron chi connectivity index (χ3n) is 8.87. The van der Waals surface area contributed by atoms with Crippen LogP contribution >= 0.6 is 0 Å². The molecule has 0 spiro atoms. The molecule has 0 aliphatic rings. The highest BCUT2D eigenvalue weighted by Crippen LogP contribution is 2.40. The van der Waals surface area contributed by atoms with E-state index in [1.165, 1.54) is 0 Å². The van der Waals surface area contributed by atoms with Gasteiger partial charge in [-0.2, -0.15) is 15.8 Å². The van der Waals surface area contributed by atoms with Crippen molar-refractivity contribution in [3.05, 3.63) is 143 Å². The number of rotatable bonds is 3. The molecule has 0 radical (unpaired) electrons. The fourth-order valence-electron chi connectivity index (χ4n) is 6.86. The first kappa shape index (κ1) is 27.0. The van der Waals surface area contributed by atoms with Crippen LogP contribution < -0.4 is 0 Å². The summed E-state index contributed by atoms with van der Waals surface area (Å²) in [5.41, 5.74) is 10.6. The highest BCUT2D eigenvalue weighted by Gasteiger charge is 2.22. The number of aromatic nitrogens is 2. The Hall–Kier alpha value is -6.61. The van der Waals surface area contributed by atoms with Gasteiger partial charge in [-0.15, -0.1) is 0 Å². The van der Waals surface area contributed by atoms with Gasteiger partial charge in [0.05, 0.1) is 56.7 Å². The summed E-state index contributed by atoms with van der Waals surface area (Å²) < 4.78 is 4.35. The van der Waals surface area contributed by atoms with E-state index >= 15 is 0 Å². The lowest BCUT2D eigenvalue weighted by Gasteiger charge is -2.18. The number of para-hydroxylation sites is 2. The van der Waals surface area contributed by atoms with Crippen LogP contribution in [0.3, 0.4) is 0 Å². The Labute approximate surface area is 265 Å². The molecule has 0 aliphatic carbocycles. The van der Waals surface area contributed by atoms with Crippen LogP contribution in [0.1, 0.15) is 27.8 Å². The minimum Gasteiger partial charge on any atom is -0.308 e. The zero-order chi connectivity index (χ0) is 31.5. The van der Waals surface area contributed by atoms with Crippen molar-refractivity contribution in [3.63, 3.8) is 0 Å². The van der Waals surface area contributed by atoms with E-state index in [1.54, 1.807) is 18.2 Å². The van der Waals surface area contributed by atoms with Gasteiger partial charge in [-0.3, -0.25) is 0 Å². The average Bonchev–Trinajstić information content (AvgIpc) is 3.59. The number of nitriles is 3. The van der Waals surface area contributed by atoms with Crippen molar-refractivity contribution in [1.82, 2.24) is 9.13 Å². The maximum absolute atomic E-state index is 11.0. The Balaban J connectivity index is 1.58. The SMILES string of the molecule is Cc1ccc2c(c1)c1ccccc1n2-c1cc(-c2cc(C#N)cc(C#N)c2)cc(-n2c3ccccc3c3cc(C)ccc32)c1C#N. The predicted molar refractivity (Wildman–Crippen MR) is 184 cm³/mol. The van der Waals surface area contributed by atoms with Crippen molar-refractivity contribution in [1.29, 1.82) is 15.8 Å². The number of aryl methyl sites for hydroxylation is 2. The van der Waals surface area contributed by atoms with Crippen molar-refractivity contribution >= 4 is 43.6 Å². The monoisotopic (exact) mass is 587 g/mol. The lowest BCUT2D eigenvalue weighted by molar-refractivity contribution is 1.12. The summed E-state index contributed by atoms with van der Waals surface area (Å²) in [6.45, 7) is 4.17. The maximum Gasteiger partial charge on any atom is 0.104 e. The van der Waals surface area contributed by atoms with Crippen LogP contribution in [0.2, 0.25) is 0 Å². The van der Waals surface area contributed by atoms with E-state index in [2.05, 4.69) is 102 Å². The molecular weight excluding hydrogens is 562 g/mol. The van der Waals surface area contributed by atoms with Crippen LogP contribution in [0, 0.1) is 47.8 Å². The topological polar surface area (TPSA) is 81.2 Å². The quantitative estimate of drug-likeness (QED) is 0.206. The number of fused-ring (bicyclic) bond motifs is 6. The van der Waals surface area contributed by atoms with Crippen molar-refractivity contribution in [2.75, 3.05) is 0 Å². The summed E-state index contributed by atoms with van der Waals surface area (Å²) in [4.78, 5) is 0. The molecule has 214 valence electrons. The van der Waals surface area contributed by atoms with E-state index < -0.39 is 0 Å². The van der Waals surface area contributed by atoms with Crippen molar-refractivity contribution in [3.8, 4) is 40.7 Å². The van der Waals surface area contributed by atoms with Gasteiger partial charge in [0.15, 0.2) is 0 Å². The Morgan fingerprint density at radius 2 is 0.870 bits per heavy atom. The molecule has 8 rings (SSSR count). The minimum absolute atomic E-state index is 0.404. The molecule has 0 unspecified atom stereocenters. The van der Waals surface area contributed by atoms with E-state index in [1.807, 2.05) is 36.4 Å². The van der Waals surface area contributed by atoms with Gasteiger partial charge in [0.1, 0.15) is 11.6 Å². The molecule has 0 aliphatic heterocycles. The van der Waals surface area contributed by atoms with Crippen molar-refractivity contribution in [2.45, 2.75) is 13.8 Å². The van der Waals surface area contributed by atoms with Crippen LogP contribution in [-0.2, 0) is 0 Å². The summed E-state index contributed by atoms with van der Waals surface area (Å²) in [5.74, 6) is 0. The summed E-state index contributed by atoms with van der Waals surface area (Å²) in [6.07, 6.45) is 0. The normalized spacial score (nSPS) is 11.2. The van der Waals surface area contributed by atoms with Gasteiger partial charge >= 0.3 is 0 Å². The molecule has 46 heavy (non-hydrogen) atoms. The third kappa shape index (κ3) is 3.99. The zero-order valence-corrected chi connectivity index (χ0v) is 25.2. The van der Waals surface area contributed by atoms with Crippen molar-refractivity contribution in [2.24, 2.45) is 0 Å². The average molecular weight is 588 g/mol. The van der Waals surface area contributed by atoms with Crippen LogP contribution in [0.4, 0.5) is 0 Å². The first-order chi connectivity index (χ1) is 22.5. The van der Waals surface area contributed by atoms with E-state index in [0.717, 1.165) is 77.2 Å². The largest absolute Gasteiger partial charge is 0.308 e. The highest BCUT2D eigenvalue weighted by molar-refractivity contribution is 6.11. The molecule has 5 heteroatoms. The van der Waals surface area contributed by atoms with Gasteiger partial charge in [0.25, 0.3) is 0 Å². The first-order valence-corrected chi connectivity index (χ1v) is 15.0. The Morgan fingerprint density at radius 1 is 0.435 bits per heavy atom. The number of hydrogen-bond acceptors (Lipinski definition) is 3. The van der Waals surface area contributed by atoms with E-state index in [0.29, 0.717) is 16.7 Å². The summed E-state index contributed by atoms with van der Waals surface area (Å²) in [7, 11) is 0. The van der Waals surface area contributed by atoms with Crippen LogP contribution in [-0.4, -0.2) is 9.13 Å². The lowest BCUT2D eigenvalue weighted by atomic mass is 9.97. The van der Waals surface area contributed by atoms with E-state index in [-0.39, 0.29) is 0 Å². The molecule has 0 saturated carbocycles.